The van der Waals surface area contributed by atoms with Crippen LogP contribution in [0.4, 0.5) is 0 Å². The molecule has 5 heteroatoms. The number of aryl methyl sites for hydroxylation is 1. The lowest BCUT2D eigenvalue weighted by molar-refractivity contribution is -0.141. The van der Waals surface area contributed by atoms with Gasteiger partial charge in [-0.25, -0.2) is 0 Å². The minimum Gasteiger partial charge on any atom is -0.333 e. The van der Waals surface area contributed by atoms with Gasteiger partial charge in [-0.1, -0.05) is 67.6 Å². The van der Waals surface area contributed by atoms with Crippen LogP contribution in [0.5, 0.6) is 0 Å². The number of hydrogen-bond donors (Lipinski definition) is 0. The fourth-order valence-electron chi connectivity index (χ4n) is 4.45. The molecule has 1 aliphatic heterocycles. The lowest BCUT2D eigenvalue weighted by atomic mass is 9.93. The average Bonchev–Trinajstić information content (AvgIpc) is 3.31. The Labute approximate surface area is 194 Å². The van der Waals surface area contributed by atoms with Crippen LogP contribution in [0.15, 0.2) is 72.1 Å². The van der Waals surface area contributed by atoms with Crippen LogP contribution in [0.1, 0.15) is 47.4 Å². The minimum atomic E-state index is -0.0819. The molecule has 2 amide bonds. The van der Waals surface area contributed by atoms with E-state index in [4.69, 9.17) is 0 Å². The fraction of sp³-hybridized carbons (Fsp3) is 0.333. The molecule has 0 spiro atoms. The van der Waals surface area contributed by atoms with Gasteiger partial charge in [0.25, 0.3) is 0 Å². The third-order valence-electron chi connectivity index (χ3n) is 6.04. The van der Waals surface area contributed by atoms with E-state index in [2.05, 4.69) is 23.6 Å². The monoisotopic (exact) mass is 446 g/mol. The first-order valence-corrected chi connectivity index (χ1v) is 12.3. The highest BCUT2D eigenvalue weighted by Gasteiger charge is 2.33. The molecule has 0 aliphatic carbocycles. The fourth-order valence-corrected chi connectivity index (χ4v) is 5.35. The van der Waals surface area contributed by atoms with Crippen molar-refractivity contribution in [2.75, 3.05) is 19.6 Å². The summed E-state index contributed by atoms with van der Waals surface area (Å²) in [6, 6.07) is 22.3. The predicted molar refractivity (Wildman–Crippen MR) is 130 cm³/mol. The molecule has 0 N–H and O–H groups in total. The molecular weight excluding hydrogens is 416 g/mol. The highest BCUT2D eigenvalue weighted by Crippen LogP contribution is 2.37. The molecule has 32 heavy (non-hydrogen) atoms. The number of hydrogen-bond acceptors (Lipinski definition) is 3. The maximum Gasteiger partial charge on any atom is 0.242 e. The van der Waals surface area contributed by atoms with E-state index in [9.17, 15) is 9.59 Å². The van der Waals surface area contributed by atoms with Crippen molar-refractivity contribution < 1.29 is 9.59 Å². The molecule has 3 aromatic rings. The summed E-state index contributed by atoms with van der Waals surface area (Å²) in [5.74, 6) is 0.0748. The zero-order valence-electron chi connectivity index (χ0n) is 18.6. The van der Waals surface area contributed by atoms with Crippen LogP contribution in [-0.2, 0) is 22.4 Å². The van der Waals surface area contributed by atoms with Gasteiger partial charge in [0.15, 0.2) is 0 Å². The van der Waals surface area contributed by atoms with E-state index in [1.807, 2.05) is 60.4 Å². The Hall–Kier alpha value is -2.92. The van der Waals surface area contributed by atoms with Gasteiger partial charge in [0.05, 0.1) is 12.6 Å². The van der Waals surface area contributed by atoms with E-state index >= 15 is 0 Å². The predicted octanol–water partition coefficient (Wildman–Crippen LogP) is 5.09. The lowest BCUT2D eigenvalue weighted by Crippen LogP contribution is -2.47. The second-order valence-corrected chi connectivity index (χ2v) is 9.25. The summed E-state index contributed by atoms with van der Waals surface area (Å²) in [6.07, 6.45) is 2.83. The van der Waals surface area contributed by atoms with Gasteiger partial charge in [-0.2, -0.15) is 0 Å². The lowest BCUT2D eigenvalue weighted by Gasteiger charge is -2.37. The number of fused-ring (bicyclic) bond motifs is 1. The largest absolute Gasteiger partial charge is 0.333 e. The van der Waals surface area contributed by atoms with Crippen molar-refractivity contribution in [3.8, 4) is 0 Å². The summed E-state index contributed by atoms with van der Waals surface area (Å²) in [6.45, 7) is 3.48. The minimum absolute atomic E-state index is 0.0252. The Bertz CT molecular complexity index is 1030. The Balaban J connectivity index is 1.49. The van der Waals surface area contributed by atoms with Gasteiger partial charge in [-0.05, 0) is 47.4 Å². The van der Waals surface area contributed by atoms with Crippen molar-refractivity contribution in [2.45, 2.75) is 38.6 Å². The van der Waals surface area contributed by atoms with Crippen molar-refractivity contribution in [2.24, 2.45) is 0 Å². The first-order valence-electron chi connectivity index (χ1n) is 11.4. The number of rotatable bonds is 8. The van der Waals surface area contributed by atoms with Crippen molar-refractivity contribution >= 4 is 23.2 Å². The zero-order chi connectivity index (χ0) is 22.3. The van der Waals surface area contributed by atoms with Gasteiger partial charge in [0.2, 0.25) is 11.8 Å². The maximum atomic E-state index is 13.5. The molecule has 166 valence electrons. The number of thiophene rings is 1. The van der Waals surface area contributed by atoms with Crippen LogP contribution in [0.3, 0.4) is 0 Å². The summed E-state index contributed by atoms with van der Waals surface area (Å²) in [5.41, 5.74) is 3.49. The van der Waals surface area contributed by atoms with E-state index in [0.29, 0.717) is 25.9 Å². The van der Waals surface area contributed by atoms with Crippen molar-refractivity contribution in [1.82, 2.24) is 9.80 Å². The van der Waals surface area contributed by atoms with Crippen LogP contribution >= 0.6 is 11.3 Å². The van der Waals surface area contributed by atoms with Crippen LogP contribution in [0.25, 0.3) is 0 Å². The Kier molecular flexibility index (Phi) is 7.38. The molecule has 0 bridgehead atoms. The maximum absolute atomic E-state index is 13.5. The van der Waals surface area contributed by atoms with E-state index in [0.717, 1.165) is 24.0 Å². The molecule has 2 heterocycles. The molecular formula is C27H30N2O2S. The van der Waals surface area contributed by atoms with E-state index in [-0.39, 0.29) is 24.4 Å². The Morgan fingerprint density at radius 3 is 2.47 bits per heavy atom. The molecule has 4 rings (SSSR count). The van der Waals surface area contributed by atoms with Crippen LogP contribution in [0, 0.1) is 0 Å². The number of carbonyl (C=O) groups is 2. The molecule has 0 saturated carbocycles. The second kappa shape index (κ2) is 10.6. The molecule has 1 aromatic heterocycles. The Morgan fingerprint density at radius 1 is 1.03 bits per heavy atom. The van der Waals surface area contributed by atoms with Crippen LogP contribution in [-0.4, -0.2) is 41.2 Å². The summed E-state index contributed by atoms with van der Waals surface area (Å²) >= 11 is 1.77. The van der Waals surface area contributed by atoms with Gasteiger partial charge in [0, 0.05) is 24.4 Å². The highest BCUT2D eigenvalue weighted by molar-refractivity contribution is 7.10. The summed E-state index contributed by atoms with van der Waals surface area (Å²) in [5, 5.41) is 2.12. The normalized spacial score (nSPS) is 15.3. The summed E-state index contributed by atoms with van der Waals surface area (Å²) < 4.78 is 0. The average molecular weight is 447 g/mol. The van der Waals surface area contributed by atoms with Crippen molar-refractivity contribution in [1.29, 1.82) is 0 Å². The zero-order valence-corrected chi connectivity index (χ0v) is 19.4. The second-order valence-electron chi connectivity index (χ2n) is 8.25. The van der Waals surface area contributed by atoms with Crippen molar-refractivity contribution in [3.05, 3.63) is 93.7 Å². The first-order chi connectivity index (χ1) is 15.7. The molecule has 1 atom stereocenters. The van der Waals surface area contributed by atoms with Crippen LogP contribution < -0.4 is 0 Å². The summed E-state index contributed by atoms with van der Waals surface area (Å²) in [7, 11) is 0. The molecule has 0 saturated heterocycles. The number of benzene rings is 2. The third-order valence-corrected chi connectivity index (χ3v) is 7.04. The Morgan fingerprint density at radius 2 is 1.75 bits per heavy atom. The van der Waals surface area contributed by atoms with Crippen LogP contribution in [0.2, 0.25) is 0 Å². The first kappa shape index (κ1) is 22.3. The smallest absolute Gasteiger partial charge is 0.242 e. The van der Waals surface area contributed by atoms with E-state index in [1.54, 1.807) is 16.2 Å². The van der Waals surface area contributed by atoms with Crippen molar-refractivity contribution in [3.63, 3.8) is 0 Å². The van der Waals surface area contributed by atoms with Gasteiger partial charge in [-0.3, -0.25) is 9.59 Å². The molecule has 0 fully saturated rings. The third kappa shape index (κ3) is 5.10. The number of nitrogens with zero attached hydrogens (tertiary/aromatic N) is 2. The van der Waals surface area contributed by atoms with E-state index < -0.39 is 0 Å². The number of carbonyl (C=O) groups excluding carboxylic acids is 2. The standard InChI is InChI=1S/C27H30N2O2S/c1-2-17-28(25(30)14-13-21-9-5-3-6-10-21)20-26(31)29-18-15-24-23(16-19-32-24)27(29)22-11-7-4-8-12-22/h3-12,16,19,27H,2,13-15,17-18,20H2,1H3. The highest BCUT2D eigenvalue weighted by atomic mass is 32.1. The molecule has 1 aliphatic rings. The van der Waals surface area contributed by atoms with Gasteiger partial charge in [0.1, 0.15) is 0 Å². The van der Waals surface area contributed by atoms with Gasteiger partial charge in [-0.15, -0.1) is 11.3 Å². The molecule has 0 radical (unpaired) electrons. The SMILES string of the molecule is CCCN(CC(=O)N1CCc2sccc2C1c1ccccc1)C(=O)CCc1ccccc1. The molecule has 1 unspecified atom stereocenters. The van der Waals surface area contributed by atoms with E-state index in [1.165, 1.54) is 10.4 Å². The topological polar surface area (TPSA) is 40.6 Å². The summed E-state index contributed by atoms with van der Waals surface area (Å²) in [4.78, 5) is 31.6. The quantitative estimate of drug-likeness (QED) is 0.483. The molecule has 2 aromatic carbocycles. The molecule has 4 nitrogen and oxygen atoms in total. The van der Waals surface area contributed by atoms with Gasteiger partial charge >= 0.3 is 0 Å². The number of amides is 2. The van der Waals surface area contributed by atoms with Gasteiger partial charge < -0.3 is 9.80 Å².